The van der Waals surface area contributed by atoms with Crippen LogP contribution in [0.15, 0.2) is 24.3 Å². The van der Waals surface area contributed by atoms with E-state index in [0.717, 1.165) is 19.5 Å². The molecule has 1 aromatic rings. The van der Waals surface area contributed by atoms with Gasteiger partial charge < -0.3 is 11.1 Å². The second-order valence-electron chi connectivity index (χ2n) is 6.24. The van der Waals surface area contributed by atoms with Crippen molar-refractivity contribution in [2.75, 3.05) is 13.1 Å². The Morgan fingerprint density at radius 2 is 1.95 bits per heavy atom. The van der Waals surface area contributed by atoms with Crippen LogP contribution in [0.5, 0.6) is 0 Å². The SMILES string of the molecule is NCC1CCCCC1CNC(=O)C1Cc2ccccc21. The van der Waals surface area contributed by atoms with Gasteiger partial charge >= 0.3 is 0 Å². The Labute approximate surface area is 120 Å². The zero-order valence-corrected chi connectivity index (χ0v) is 12.0. The number of benzene rings is 1. The maximum atomic E-state index is 12.3. The van der Waals surface area contributed by atoms with E-state index in [0.29, 0.717) is 11.8 Å². The Morgan fingerprint density at radius 1 is 1.20 bits per heavy atom. The van der Waals surface area contributed by atoms with Crippen molar-refractivity contribution >= 4 is 5.91 Å². The molecule has 20 heavy (non-hydrogen) atoms. The molecule has 1 aromatic carbocycles. The second-order valence-corrected chi connectivity index (χ2v) is 6.24. The number of nitrogens with two attached hydrogens (primary N) is 1. The first kappa shape index (κ1) is 13.6. The molecule has 1 fully saturated rings. The normalized spacial score (nSPS) is 28.4. The molecule has 1 saturated carbocycles. The summed E-state index contributed by atoms with van der Waals surface area (Å²) in [7, 11) is 0. The van der Waals surface area contributed by atoms with Crippen molar-refractivity contribution in [3.8, 4) is 0 Å². The predicted molar refractivity (Wildman–Crippen MR) is 80.4 cm³/mol. The lowest BCUT2D eigenvalue weighted by molar-refractivity contribution is -0.123. The van der Waals surface area contributed by atoms with Crippen LogP contribution in [0.1, 0.15) is 42.7 Å². The van der Waals surface area contributed by atoms with Gasteiger partial charge in [0.15, 0.2) is 0 Å². The molecule has 0 bridgehead atoms. The molecule has 3 N–H and O–H groups in total. The molecule has 0 radical (unpaired) electrons. The van der Waals surface area contributed by atoms with Crippen molar-refractivity contribution in [2.24, 2.45) is 17.6 Å². The number of fused-ring (bicyclic) bond motifs is 1. The third kappa shape index (κ3) is 2.59. The van der Waals surface area contributed by atoms with Crippen LogP contribution in [-0.2, 0) is 11.2 Å². The van der Waals surface area contributed by atoms with Crippen molar-refractivity contribution in [3.63, 3.8) is 0 Å². The lowest BCUT2D eigenvalue weighted by Gasteiger charge is -2.33. The maximum Gasteiger partial charge on any atom is 0.227 e. The Balaban J connectivity index is 1.53. The molecule has 3 atom stereocenters. The highest BCUT2D eigenvalue weighted by molar-refractivity contribution is 5.86. The van der Waals surface area contributed by atoms with Crippen LogP contribution >= 0.6 is 0 Å². The van der Waals surface area contributed by atoms with Gasteiger partial charge in [0.1, 0.15) is 0 Å². The number of hydrogen-bond donors (Lipinski definition) is 2. The quantitative estimate of drug-likeness (QED) is 0.883. The zero-order valence-electron chi connectivity index (χ0n) is 12.0. The third-order valence-electron chi connectivity index (χ3n) is 5.08. The fraction of sp³-hybridized carbons (Fsp3) is 0.588. The lowest BCUT2D eigenvalue weighted by atomic mass is 9.76. The standard InChI is InChI=1S/C17H24N2O/c18-10-13-6-1-2-7-14(13)11-19-17(20)16-9-12-5-3-4-8-15(12)16/h3-5,8,13-14,16H,1-2,6-7,9-11,18H2,(H,19,20). The summed E-state index contributed by atoms with van der Waals surface area (Å²) in [5.41, 5.74) is 8.38. The molecule has 0 spiro atoms. The third-order valence-corrected chi connectivity index (χ3v) is 5.08. The molecule has 108 valence electrons. The number of rotatable bonds is 4. The average Bonchev–Trinajstić information content (AvgIpc) is 2.46. The van der Waals surface area contributed by atoms with Crippen LogP contribution in [0.3, 0.4) is 0 Å². The summed E-state index contributed by atoms with van der Waals surface area (Å²) < 4.78 is 0. The lowest BCUT2D eigenvalue weighted by Crippen LogP contribution is -2.41. The molecule has 0 aliphatic heterocycles. The van der Waals surface area contributed by atoms with Crippen molar-refractivity contribution in [1.82, 2.24) is 5.32 Å². The van der Waals surface area contributed by atoms with E-state index in [9.17, 15) is 4.79 Å². The van der Waals surface area contributed by atoms with Crippen molar-refractivity contribution in [3.05, 3.63) is 35.4 Å². The summed E-state index contributed by atoms with van der Waals surface area (Å²) in [6.45, 7) is 1.56. The maximum absolute atomic E-state index is 12.3. The topological polar surface area (TPSA) is 55.1 Å². The Bertz CT molecular complexity index is 486. The van der Waals surface area contributed by atoms with Gasteiger partial charge in [0.05, 0.1) is 5.92 Å². The highest BCUT2D eigenvalue weighted by atomic mass is 16.1. The van der Waals surface area contributed by atoms with E-state index in [1.165, 1.54) is 36.8 Å². The summed E-state index contributed by atoms with van der Waals surface area (Å²) in [5, 5.41) is 3.17. The first-order valence-corrected chi connectivity index (χ1v) is 7.85. The fourth-order valence-corrected chi connectivity index (χ4v) is 3.71. The minimum Gasteiger partial charge on any atom is -0.355 e. The van der Waals surface area contributed by atoms with Gasteiger partial charge in [-0.2, -0.15) is 0 Å². The van der Waals surface area contributed by atoms with E-state index in [1.54, 1.807) is 0 Å². The smallest absolute Gasteiger partial charge is 0.227 e. The molecule has 2 aliphatic rings. The Morgan fingerprint density at radius 3 is 2.70 bits per heavy atom. The van der Waals surface area contributed by atoms with Gasteiger partial charge in [-0.3, -0.25) is 4.79 Å². The van der Waals surface area contributed by atoms with Crippen LogP contribution < -0.4 is 11.1 Å². The first-order chi connectivity index (χ1) is 9.79. The molecule has 0 saturated heterocycles. The number of nitrogens with one attached hydrogen (secondary N) is 1. The van der Waals surface area contributed by atoms with Gasteiger partial charge in [-0.1, -0.05) is 37.1 Å². The van der Waals surface area contributed by atoms with Crippen LogP contribution in [-0.4, -0.2) is 19.0 Å². The second kappa shape index (κ2) is 5.96. The minimum absolute atomic E-state index is 0.0751. The summed E-state index contributed by atoms with van der Waals surface area (Å²) in [6, 6.07) is 8.25. The van der Waals surface area contributed by atoms with Gasteiger partial charge in [0.25, 0.3) is 0 Å². The Kier molecular flexibility index (Phi) is 4.06. The zero-order chi connectivity index (χ0) is 13.9. The number of hydrogen-bond acceptors (Lipinski definition) is 2. The Hall–Kier alpha value is -1.35. The van der Waals surface area contributed by atoms with Crippen molar-refractivity contribution in [2.45, 2.75) is 38.0 Å². The van der Waals surface area contributed by atoms with Crippen molar-refractivity contribution < 1.29 is 4.79 Å². The highest BCUT2D eigenvalue weighted by Gasteiger charge is 2.32. The molecule has 3 unspecified atom stereocenters. The van der Waals surface area contributed by atoms with E-state index < -0.39 is 0 Å². The average molecular weight is 272 g/mol. The number of carbonyl (C=O) groups is 1. The fourth-order valence-electron chi connectivity index (χ4n) is 3.71. The van der Waals surface area contributed by atoms with Gasteiger partial charge in [0, 0.05) is 6.54 Å². The molecule has 0 heterocycles. The molecule has 3 heteroatoms. The van der Waals surface area contributed by atoms with E-state index >= 15 is 0 Å². The summed E-state index contributed by atoms with van der Waals surface area (Å²) >= 11 is 0. The number of amides is 1. The van der Waals surface area contributed by atoms with Gasteiger partial charge in [0.2, 0.25) is 5.91 Å². The molecule has 1 amide bonds. The van der Waals surface area contributed by atoms with Crippen LogP contribution in [0.4, 0.5) is 0 Å². The summed E-state index contributed by atoms with van der Waals surface area (Å²) in [5.74, 6) is 1.45. The van der Waals surface area contributed by atoms with Crippen LogP contribution in [0.25, 0.3) is 0 Å². The minimum atomic E-state index is 0.0751. The molecular weight excluding hydrogens is 248 g/mol. The first-order valence-electron chi connectivity index (χ1n) is 7.85. The molecule has 2 aliphatic carbocycles. The summed E-state index contributed by atoms with van der Waals surface area (Å²) in [6.07, 6.45) is 5.91. The van der Waals surface area contributed by atoms with Crippen LogP contribution in [0, 0.1) is 11.8 Å². The monoisotopic (exact) mass is 272 g/mol. The summed E-state index contributed by atoms with van der Waals surface area (Å²) in [4.78, 5) is 12.3. The molecule has 3 nitrogen and oxygen atoms in total. The van der Waals surface area contributed by atoms with E-state index in [2.05, 4.69) is 17.4 Å². The number of carbonyl (C=O) groups excluding carboxylic acids is 1. The molecule has 3 rings (SSSR count). The van der Waals surface area contributed by atoms with Crippen LogP contribution in [0.2, 0.25) is 0 Å². The molecular formula is C17H24N2O. The highest BCUT2D eigenvalue weighted by Crippen LogP contribution is 2.35. The largest absolute Gasteiger partial charge is 0.355 e. The van der Waals surface area contributed by atoms with Gasteiger partial charge in [-0.15, -0.1) is 0 Å². The van der Waals surface area contributed by atoms with E-state index in [1.807, 2.05) is 12.1 Å². The van der Waals surface area contributed by atoms with Gasteiger partial charge in [-0.25, -0.2) is 0 Å². The van der Waals surface area contributed by atoms with Gasteiger partial charge in [-0.05, 0) is 48.8 Å². The van der Waals surface area contributed by atoms with Crippen molar-refractivity contribution in [1.29, 1.82) is 0 Å². The van der Waals surface area contributed by atoms with E-state index in [-0.39, 0.29) is 11.8 Å². The molecule has 0 aromatic heterocycles. The van der Waals surface area contributed by atoms with E-state index in [4.69, 9.17) is 5.73 Å². The predicted octanol–water partition coefficient (Wildman–Crippen LogP) is 2.21.